The quantitative estimate of drug-likeness (QED) is 0.798. The van der Waals surface area contributed by atoms with Gasteiger partial charge in [0.05, 0.1) is 0 Å². The van der Waals surface area contributed by atoms with Crippen molar-refractivity contribution >= 4 is 22.9 Å². The van der Waals surface area contributed by atoms with Crippen molar-refractivity contribution < 1.29 is 4.79 Å². The van der Waals surface area contributed by atoms with Crippen molar-refractivity contribution in [2.24, 2.45) is 0 Å². The number of pyridine rings is 1. The van der Waals surface area contributed by atoms with E-state index in [-0.39, 0.29) is 5.91 Å². The van der Waals surface area contributed by atoms with Gasteiger partial charge in [-0.25, -0.2) is 0 Å². The first-order valence-electron chi connectivity index (χ1n) is 8.68. The number of aromatic nitrogens is 3. The van der Waals surface area contributed by atoms with E-state index in [0.29, 0.717) is 11.2 Å². The van der Waals surface area contributed by atoms with Gasteiger partial charge in [0.2, 0.25) is 0 Å². The number of hydrogen-bond acceptors (Lipinski definition) is 4. The van der Waals surface area contributed by atoms with E-state index in [2.05, 4.69) is 32.5 Å². The summed E-state index contributed by atoms with van der Waals surface area (Å²) in [5.41, 5.74) is 3.26. The Labute approximate surface area is 146 Å². The molecule has 0 unspecified atom stereocenters. The van der Waals surface area contributed by atoms with Gasteiger partial charge in [-0.2, -0.15) is 0 Å². The lowest BCUT2D eigenvalue weighted by molar-refractivity contribution is 0.102. The Morgan fingerprint density at radius 3 is 2.56 bits per heavy atom. The Bertz CT molecular complexity index is 894. The number of anilines is 2. The molecule has 4 rings (SSSR count). The highest BCUT2D eigenvalue weighted by Gasteiger charge is 2.12. The number of fused-ring (bicyclic) bond motifs is 1. The second-order valence-corrected chi connectivity index (χ2v) is 6.44. The number of carbonyl (C=O) groups excluding carboxylic acids is 1. The highest BCUT2D eigenvalue weighted by molar-refractivity contribution is 6.04. The molecule has 6 nitrogen and oxygen atoms in total. The smallest absolute Gasteiger partial charge is 0.255 e. The summed E-state index contributed by atoms with van der Waals surface area (Å²) >= 11 is 0. The van der Waals surface area contributed by atoms with Gasteiger partial charge in [-0.1, -0.05) is 0 Å². The molecule has 1 aliphatic rings. The molecular formula is C19H21N5O. The molecule has 3 aromatic rings. The Hall–Kier alpha value is -2.89. The first-order valence-corrected chi connectivity index (χ1v) is 8.68. The summed E-state index contributed by atoms with van der Waals surface area (Å²) in [6.07, 6.45) is 5.64. The molecule has 0 spiro atoms. The van der Waals surface area contributed by atoms with Crippen LogP contribution in [0.15, 0.2) is 42.6 Å². The molecule has 0 bridgehead atoms. The molecule has 25 heavy (non-hydrogen) atoms. The van der Waals surface area contributed by atoms with Gasteiger partial charge in [0.15, 0.2) is 5.65 Å². The number of amides is 1. The van der Waals surface area contributed by atoms with Crippen molar-refractivity contribution in [1.29, 1.82) is 0 Å². The van der Waals surface area contributed by atoms with E-state index in [1.807, 2.05) is 29.7 Å². The first-order chi connectivity index (χ1) is 12.2. The first kappa shape index (κ1) is 15.6. The maximum atomic E-state index is 12.5. The predicted molar refractivity (Wildman–Crippen MR) is 98.2 cm³/mol. The SMILES string of the molecule is Cc1nnc2cc(C(=O)Nc3ccc(N4CCCCC4)cc3)ccn12. The van der Waals surface area contributed by atoms with Crippen LogP contribution >= 0.6 is 0 Å². The minimum Gasteiger partial charge on any atom is -0.372 e. The van der Waals surface area contributed by atoms with Crippen LogP contribution in [0.25, 0.3) is 5.65 Å². The Morgan fingerprint density at radius 2 is 1.80 bits per heavy atom. The van der Waals surface area contributed by atoms with Crippen molar-refractivity contribution in [2.75, 3.05) is 23.3 Å². The van der Waals surface area contributed by atoms with Gasteiger partial charge >= 0.3 is 0 Å². The zero-order chi connectivity index (χ0) is 17.2. The fourth-order valence-corrected chi connectivity index (χ4v) is 3.26. The average molecular weight is 335 g/mol. The van der Waals surface area contributed by atoms with Gasteiger partial charge in [-0.3, -0.25) is 9.20 Å². The third-order valence-corrected chi connectivity index (χ3v) is 4.69. The number of hydrogen-bond donors (Lipinski definition) is 1. The van der Waals surface area contributed by atoms with Crippen LogP contribution in [-0.4, -0.2) is 33.6 Å². The van der Waals surface area contributed by atoms with E-state index in [4.69, 9.17) is 0 Å². The van der Waals surface area contributed by atoms with Gasteiger partial charge in [0, 0.05) is 36.2 Å². The molecule has 0 radical (unpaired) electrons. The fraction of sp³-hybridized carbons (Fsp3) is 0.316. The maximum Gasteiger partial charge on any atom is 0.255 e. The maximum absolute atomic E-state index is 12.5. The topological polar surface area (TPSA) is 62.5 Å². The van der Waals surface area contributed by atoms with Crippen molar-refractivity contribution in [3.8, 4) is 0 Å². The van der Waals surface area contributed by atoms with Crippen molar-refractivity contribution in [3.63, 3.8) is 0 Å². The van der Waals surface area contributed by atoms with E-state index in [1.54, 1.807) is 12.1 Å². The fourth-order valence-electron chi connectivity index (χ4n) is 3.26. The van der Waals surface area contributed by atoms with E-state index >= 15 is 0 Å². The number of piperidine rings is 1. The van der Waals surface area contributed by atoms with Crippen molar-refractivity contribution in [1.82, 2.24) is 14.6 Å². The Morgan fingerprint density at radius 1 is 1.04 bits per heavy atom. The Kier molecular flexibility index (Phi) is 4.09. The van der Waals surface area contributed by atoms with Crippen LogP contribution in [0.1, 0.15) is 35.4 Å². The summed E-state index contributed by atoms with van der Waals surface area (Å²) in [4.78, 5) is 14.9. The summed E-state index contributed by atoms with van der Waals surface area (Å²) in [5, 5.41) is 11.0. The molecule has 0 saturated carbocycles. The number of nitrogens with zero attached hydrogens (tertiary/aromatic N) is 4. The number of rotatable bonds is 3. The molecule has 1 fully saturated rings. The number of carbonyl (C=O) groups is 1. The zero-order valence-corrected chi connectivity index (χ0v) is 14.3. The minimum atomic E-state index is -0.145. The van der Waals surface area contributed by atoms with Crippen LogP contribution in [0.2, 0.25) is 0 Å². The summed E-state index contributed by atoms with van der Waals surface area (Å²) < 4.78 is 1.85. The van der Waals surface area contributed by atoms with Crippen LogP contribution in [0.3, 0.4) is 0 Å². The largest absolute Gasteiger partial charge is 0.372 e. The minimum absolute atomic E-state index is 0.145. The molecule has 1 N–H and O–H groups in total. The number of nitrogens with one attached hydrogen (secondary N) is 1. The standard InChI is InChI=1S/C19H21N5O/c1-14-21-22-18-13-15(9-12-24(14)18)19(25)20-16-5-7-17(8-6-16)23-10-3-2-4-11-23/h5-9,12-13H,2-4,10-11H2,1H3,(H,20,25). The molecule has 1 saturated heterocycles. The molecule has 1 aromatic carbocycles. The summed E-state index contributed by atoms with van der Waals surface area (Å²) in [6.45, 7) is 4.11. The van der Waals surface area contributed by atoms with Gasteiger partial charge in [-0.05, 0) is 62.6 Å². The van der Waals surface area contributed by atoms with Gasteiger partial charge < -0.3 is 10.2 Å². The molecule has 128 valence electrons. The molecular weight excluding hydrogens is 314 g/mol. The van der Waals surface area contributed by atoms with Crippen LogP contribution in [0.4, 0.5) is 11.4 Å². The lowest BCUT2D eigenvalue weighted by Crippen LogP contribution is -2.29. The van der Waals surface area contributed by atoms with Crippen LogP contribution in [0.5, 0.6) is 0 Å². The van der Waals surface area contributed by atoms with Gasteiger partial charge in [0.1, 0.15) is 5.82 Å². The highest BCUT2D eigenvalue weighted by atomic mass is 16.1. The lowest BCUT2D eigenvalue weighted by atomic mass is 10.1. The number of benzene rings is 1. The second-order valence-electron chi connectivity index (χ2n) is 6.44. The van der Waals surface area contributed by atoms with Crippen molar-refractivity contribution in [2.45, 2.75) is 26.2 Å². The molecule has 2 aromatic heterocycles. The van der Waals surface area contributed by atoms with Crippen LogP contribution in [0, 0.1) is 6.92 Å². The van der Waals surface area contributed by atoms with Crippen LogP contribution < -0.4 is 10.2 Å². The van der Waals surface area contributed by atoms with E-state index in [1.165, 1.54) is 24.9 Å². The van der Waals surface area contributed by atoms with Gasteiger partial charge in [0.25, 0.3) is 5.91 Å². The van der Waals surface area contributed by atoms with E-state index in [0.717, 1.165) is 24.6 Å². The normalized spacial score (nSPS) is 14.7. The Balaban J connectivity index is 1.47. The molecule has 6 heteroatoms. The third kappa shape index (κ3) is 3.20. The van der Waals surface area contributed by atoms with E-state index in [9.17, 15) is 4.79 Å². The molecule has 1 amide bonds. The van der Waals surface area contributed by atoms with Gasteiger partial charge in [-0.15, -0.1) is 10.2 Å². The predicted octanol–water partition coefficient (Wildman–Crippen LogP) is 3.28. The molecule has 1 aliphatic heterocycles. The third-order valence-electron chi connectivity index (χ3n) is 4.69. The summed E-state index contributed by atoms with van der Waals surface area (Å²) in [7, 11) is 0. The molecule has 0 aliphatic carbocycles. The second kappa shape index (κ2) is 6.55. The highest BCUT2D eigenvalue weighted by Crippen LogP contribution is 2.22. The lowest BCUT2D eigenvalue weighted by Gasteiger charge is -2.28. The van der Waals surface area contributed by atoms with Crippen molar-refractivity contribution in [3.05, 3.63) is 54.0 Å². The summed E-state index contributed by atoms with van der Waals surface area (Å²) in [6, 6.07) is 11.6. The molecule has 0 atom stereocenters. The van der Waals surface area contributed by atoms with E-state index < -0.39 is 0 Å². The van der Waals surface area contributed by atoms with Crippen LogP contribution in [-0.2, 0) is 0 Å². The average Bonchev–Trinajstić information content (AvgIpc) is 3.03. The monoisotopic (exact) mass is 335 g/mol. The summed E-state index contributed by atoms with van der Waals surface area (Å²) in [5.74, 6) is 0.657. The molecule has 3 heterocycles. The number of aryl methyl sites for hydroxylation is 1. The zero-order valence-electron chi connectivity index (χ0n) is 14.3.